The Labute approximate surface area is 157 Å². The summed E-state index contributed by atoms with van der Waals surface area (Å²) in [7, 11) is 1.94. The summed E-state index contributed by atoms with van der Waals surface area (Å²) in [5, 5.41) is 10.1. The number of nitrogens with one attached hydrogen (secondary N) is 2. The Morgan fingerprint density at radius 1 is 1.33 bits per heavy atom. The van der Waals surface area contributed by atoms with Crippen molar-refractivity contribution in [1.82, 2.24) is 20.1 Å². The highest BCUT2D eigenvalue weighted by Crippen LogP contribution is 2.21. The Morgan fingerprint density at radius 3 is 3.00 bits per heavy atom. The van der Waals surface area contributed by atoms with Crippen molar-refractivity contribution in [3.05, 3.63) is 60.3 Å². The van der Waals surface area contributed by atoms with Crippen molar-refractivity contribution >= 4 is 11.6 Å². The van der Waals surface area contributed by atoms with Gasteiger partial charge in [0.15, 0.2) is 0 Å². The maximum atomic E-state index is 13.5. The number of carbonyl (C=O) groups is 1. The summed E-state index contributed by atoms with van der Waals surface area (Å²) in [6.45, 7) is 1.52. The monoisotopic (exact) mass is 367 g/mol. The standard InChI is InChI=1S/C20H22FN5O/c1-25-9-7-14(12-25)18-11-19(24-23-18)20(27)22-16-5-3-8-26(13-16)17-6-2-4-15(21)10-17/h2,4,6-7,9-12,16H,3,5,8,13H2,1H3,(H,22,27)(H,23,24). The van der Waals surface area contributed by atoms with Crippen LogP contribution in [0.4, 0.5) is 10.1 Å². The Kier molecular flexibility index (Phi) is 4.66. The van der Waals surface area contributed by atoms with Crippen molar-refractivity contribution in [3.8, 4) is 11.3 Å². The Bertz CT molecular complexity index is 947. The minimum atomic E-state index is -0.246. The van der Waals surface area contributed by atoms with E-state index in [0.29, 0.717) is 12.2 Å². The van der Waals surface area contributed by atoms with Crippen molar-refractivity contribution in [2.75, 3.05) is 18.0 Å². The molecule has 1 amide bonds. The van der Waals surface area contributed by atoms with Crippen LogP contribution in [0.5, 0.6) is 0 Å². The number of H-pyrrole nitrogens is 1. The van der Waals surface area contributed by atoms with Gasteiger partial charge in [-0.05, 0) is 43.2 Å². The van der Waals surface area contributed by atoms with Crippen molar-refractivity contribution in [1.29, 1.82) is 0 Å². The zero-order chi connectivity index (χ0) is 18.8. The molecule has 0 spiro atoms. The number of aromatic nitrogens is 3. The van der Waals surface area contributed by atoms with Crippen molar-refractivity contribution < 1.29 is 9.18 Å². The van der Waals surface area contributed by atoms with E-state index in [0.717, 1.165) is 36.3 Å². The van der Waals surface area contributed by atoms with Gasteiger partial charge >= 0.3 is 0 Å². The lowest BCUT2D eigenvalue weighted by molar-refractivity contribution is 0.0928. The molecule has 27 heavy (non-hydrogen) atoms. The van der Waals surface area contributed by atoms with Crippen LogP contribution in [0.1, 0.15) is 23.3 Å². The van der Waals surface area contributed by atoms with Gasteiger partial charge in [0, 0.05) is 49.8 Å². The fraction of sp³-hybridized carbons (Fsp3) is 0.300. The molecule has 1 atom stereocenters. The fourth-order valence-electron chi connectivity index (χ4n) is 3.51. The minimum absolute atomic E-state index is 0.0120. The van der Waals surface area contributed by atoms with Crippen LogP contribution in [0.15, 0.2) is 48.8 Å². The number of aryl methyl sites for hydroxylation is 1. The number of amides is 1. The predicted molar refractivity (Wildman–Crippen MR) is 102 cm³/mol. The first kappa shape index (κ1) is 17.3. The summed E-state index contributed by atoms with van der Waals surface area (Å²) >= 11 is 0. The highest BCUT2D eigenvalue weighted by atomic mass is 19.1. The smallest absolute Gasteiger partial charge is 0.269 e. The lowest BCUT2D eigenvalue weighted by Gasteiger charge is -2.34. The first-order valence-electron chi connectivity index (χ1n) is 9.07. The molecule has 140 valence electrons. The number of hydrogen-bond acceptors (Lipinski definition) is 3. The molecule has 1 aromatic carbocycles. The van der Waals surface area contributed by atoms with Gasteiger partial charge in [0.05, 0.1) is 5.69 Å². The molecule has 1 aliphatic rings. The van der Waals surface area contributed by atoms with Crippen LogP contribution in [0.2, 0.25) is 0 Å². The van der Waals surface area contributed by atoms with Gasteiger partial charge in [-0.2, -0.15) is 5.10 Å². The van der Waals surface area contributed by atoms with E-state index >= 15 is 0 Å². The Balaban J connectivity index is 1.41. The van der Waals surface area contributed by atoms with Gasteiger partial charge in [-0.1, -0.05) is 6.07 Å². The molecule has 2 N–H and O–H groups in total. The van der Waals surface area contributed by atoms with E-state index in [9.17, 15) is 9.18 Å². The quantitative estimate of drug-likeness (QED) is 0.745. The highest BCUT2D eigenvalue weighted by molar-refractivity contribution is 5.93. The topological polar surface area (TPSA) is 66.0 Å². The van der Waals surface area contributed by atoms with Crippen LogP contribution < -0.4 is 10.2 Å². The summed E-state index contributed by atoms with van der Waals surface area (Å²) in [6.07, 6.45) is 5.74. The molecule has 2 aromatic heterocycles. The maximum absolute atomic E-state index is 13.5. The van der Waals surface area contributed by atoms with E-state index in [1.807, 2.05) is 36.1 Å². The third kappa shape index (κ3) is 3.86. The second-order valence-corrected chi connectivity index (χ2v) is 6.97. The predicted octanol–water partition coefficient (Wildman–Crippen LogP) is 2.95. The van der Waals surface area contributed by atoms with Crippen molar-refractivity contribution in [2.24, 2.45) is 7.05 Å². The first-order chi connectivity index (χ1) is 13.1. The van der Waals surface area contributed by atoms with E-state index in [-0.39, 0.29) is 17.8 Å². The molecule has 3 heterocycles. The van der Waals surface area contributed by atoms with Gasteiger partial charge in [0.1, 0.15) is 11.5 Å². The van der Waals surface area contributed by atoms with Gasteiger partial charge in [-0.25, -0.2) is 4.39 Å². The summed E-state index contributed by atoms with van der Waals surface area (Å²) in [6, 6.07) is 10.3. The average molecular weight is 367 g/mol. The fourth-order valence-corrected chi connectivity index (χ4v) is 3.51. The number of aromatic amines is 1. The number of halogens is 1. The minimum Gasteiger partial charge on any atom is -0.369 e. The number of anilines is 1. The average Bonchev–Trinajstić information content (AvgIpc) is 3.31. The second kappa shape index (κ2) is 7.26. The van der Waals surface area contributed by atoms with E-state index in [1.54, 1.807) is 12.1 Å². The van der Waals surface area contributed by atoms with Crippen molar-refractivity contribution in [3.63, 3.8) is 0 Å². The number of benzene rings is 1. The van der Waals surface area contributed by atoms with Crippen LogP contribution in [-0.4, -0.2) is 39.8 Å². The molecular formula is C20H22FN5O. The molecule has 0 saturated carbocycles. The van der Waals surface area contributed by atoms with Gasteiger partial charge in [0.2, 0.25) is 0 Å². The Hall–Kier alpha value is -3.09. The third-order valence-electron chi connectivity index (χ3n) is 4.88. The highest BCUT2D eigenvalue weighted by Gasteiger charge is 2.23. The van der Waals surface area contributed by atoms with Gasteiger partial charge in [-0.15, -0.1) is 0 Å². The molecule has 7 heteroatoms. The molecule has 0 aliphatic carbocycles. The summed E-state index contributed by atoms with van der Waals surface area (Å²) in [5.41, 5.74) is 2.99. The summed E-state index contributed by atoms with van der Waals surface area (Å²) < 4.78 is 15.4. The van der Waals surface area contributed by atoms with Crippen LogP contribution in [0, 0.1) is 5.82 Å². The number of rotatable bonds is 4. The van der Waals surface area contributed by atoms with Gasteiger partial charge in [-0.3, -0.25) is 9.89 Å². The molecular weight excluding hydrogens is 345 g/mol. The molecule has 1 unspecified atom stereocenters. The number of carbonyl (C=O) groups excluding carboxylic acids is 1. The molecule has 0 bridgehead atoms. The SMILES string of the molecule is Cn1ccc(-c2cc(C(=O)NC3CCCN(c4cccc(F)c4)C3)[nH]n2)c1. The molecule has 4 rings (SSSR count). The molecule has 6 nitrogen and oxygen atoms in total. The molecule has 3 aromatic rings. The van der Waals surface area contributed by atoms with Crippen LogP contribution in [0.3, 0.4) is 0 Å². The first-order valence-corrected chi connectivity index (χ1v) is 9.07. The summed E-state index contributed by atoms with van der Waals surface area (Å²) in [5.74, 6) is -0.416. The second-order valence-electron chi connectivity index (χ2n) is 6.97. The molecule has 0 radical (unpaired) electrons. The van der Waals surface area contributed by atoms with E-state index in [2.05, 4.69) is 20.4 Å². The third-order valence-corrected chi connectivity index (χ3v) is 4.88. The van der Waals surface area contributed by atoms with Gasteiger partial charge in [0.25, 0.3) is 5.91 Å². The van der Waals surface area contributed by atoms with Crippen molar-refractivity contribution in [2.45, 2.75) is 18.9 Å². The summed E-state index contributed by atoms with van der Waals surface area (Å²) in [4.78, 5) is 14.7. The molecule has 1 fully saturated rings. The lowest BCUT2D eigenvalue weighted by Crippen LogP contribution is -2.48. The number of piperidine rings is 1. The van der Waals surface area contributed by atoms with E-state index < -0.39 is 0 Å². The lowest BCUT2D eigenvalue weighted by atomic mass is 10.0. The maximum Gasteiger partial charge on any atom is 0.269 e. The van der Waals surface area contributed by atoms with Gasteiger partial charge < -0.3 is 14.8 Å². The molecule has 1 saturated heterocycles. The van der Waals surface area contributed by atoms with Crippen LogP contribution >= 0.6 is 0 Å². The normalized spacial score (nSPS) is 17.1. The van der Waals surface area contributed by atoms with Crippen LogP contribution in [-0.2, 0) is 7.05 Å². The van der Waals surface area contributed by atoms with E-state index in [4.69, 9.17) is 0 Å². The largest absolute Gasteiger partial charge is 0.369 e. The zero-order valence-electron chi connectivity index (χ0n) is 15.2. The number of hydrogen-bond donors (Lipinski definition) is 2. The number of nitrogens with zero attached hydrogens (tertiary/aromatic N) is 3. The Morgan fingerprint density at radius 2 is 2.22 bits per heavy atom. The van der Waals surface area contributed by atoms with Crippen LogP contribution in [0.25, 0.3) is 11.3 Å². The zero-order valence-corrected chi connectivity index (χ0v) is 15.2. The molecule has 1 aliphatic heterocycles. The van der Waals surface area contributed by atoms with E-state index in [1.165, 1.54) is 12.1 Å².